The van der Waals surface area contributed by atoms with E-state index in [4.69, 9.17) is 4.42 Å². The Bertz CT molecular complexity index is 700. The number of benzene rings is 2. The van der Waals surface area contributed by atoms with Gasteiger partial charge in [-0.1, -0.05) is 17.7 Å². The minimum atomic E-state index is 0.215. The molecule has 0 saturated heterocycles. The second-order valence-corrected chi connectivity index (χ2v) is 4.39. The summed E-state index contributed by atoms with van der Waals surface area (Å²) in [7, 11) is 0. The SMILES string of the molecule is Cc1ccc(-c2ccc3ccc(O)cc3[o+]2)cc1. The summed E-state index contributed by atoms with van der Waals surface area (Å²) in [5, 5.41) is 10.4. The van der Waals surface area contributed by atoms with E-state index < -0.39 is 0 Å². The lowest BCUT2D eigenvalue weighted by Gasteiger charge is -1.95. The van der Waals surface area contributed by atoms with Crippen molar-refractivity contribution >= 4 is 11.0 Å². The summed E-state index contributed by atoms with van der Waals surface area (Å²) in [5.74, 6) is 1.01. The van der Waals surface area contributed by atoms with Crippen LogP contribution in [0.1, 0.15) is 5.56 Å². The maximum atomic E-state index is 9.47. The van der Waals surface area contributed by atoms with Crippen molar-refractivity contribution in [3.05, 3.63) is 60.2 Å². The van der Waals surface area contributed by atoms with Crippen LogP contribution in [0.5, 0.6) is 5.75 Å². The van der Waals surface area contributed by atoms with E-state index in [-0.39, 0.29) is 5.75 Å². The lowest BCUT2D eigenvalue weighted by atomic mass is 10.1. The van der Waals surface area contributed by atoms with E-state index >= 15 is 0 Å². The summed E-state index contributed by atoms with van der Waals surface area (Å²) >= 11 is 0. The van der Waals surface area contributed by atoms with Crippen LogP contribution in [0.15, 0.2) is 59.0 Å². The second-order valence-electron chi connectivity index (χ2n) is 4.39. The van der Waals surface area contributed by atoms with Gasteiger partial charge in [0.05, 0.1) is 17.0 Å². The van der Waals surface area contributed by atoms with Gasteiger partial charge >= 0.3 is 11.3 Å². The van der Waals surface area contributed by atoms with Crippen LogP contribution in [0.4, 0.5) is 0 Å². The van der Waals surface area contributed by atoms with Gasteiger partial charge in [0.15, 0.2) is 0 Å². The first-order valence-electron chi connectivity index (χ1n) is 5.85. The summed E-state index contributed by atoms with van der Waals surface area (Å²) in [5.41, 5.74) is 2.94. The number of rotatable bonds is 1. The molecule has 0 aliphatic rings. The van der Waals surface area contributed by atoms with Crippen LogP contribution in [0.25, 0.3) is 22.3 Å². The second kappa shape index (κ2) is 4.15. The summed E-state index contributed by atoms with van der Waals surface area (Å²) in [6.07, 6.45) is 0. The molecule has 1 heterocycles. The number of hydrogen-bond acceptors (Lipinski definition) is 1. The van der Waals surface area contributed by atoms with E-state index in [2.05, 4.69) is 19.1 Å². The molecule has 88 valence electrons. The Labute approximate surface area is 105 Å². The van der Waals surface area contributed by atoms with Crippen LogP contribution >= 0.6 is 0 Å². The number of aromatic hydroxyl groups is 1. The Hall–Kier alpha value is -2.35. The Morgan fingerprint density at radius 1 is 0.889 bits per heavy atom. The molecule has 3 rings (SSSR count). The van der Waals surface area contributed by atoms with Crippen molar-refractivity contribution in [1.82, 2.24) is 0 Å². The van der Waals surface area contributed by atoms with Gasteiger partial charge in [-0.3, -0.25) is 0 Å². The standard InChI is InChI=1S/C16H12O2/c1-11-2-4-12(5-3-11)15-9-7-13-6-8-14(17)10-16(13)18-15/h2-10H,1H3/p+1. The van der Waals surface area contributed by atoms with Crippen LogP contribution in [-0.2, 0) is 0 Å². The molecule has 0 fully saturated rings. The monoisotopic (exact) mass is 237 g/mol. The van der Waals surface area contributed by atoms with Crippen LogP contribution in [-0.4, -0.2) is 5.11 Å². The largest absolute Gasteiger partial charge is 0.508 e. The maximum absolute atomic E-state index is 9.47. The van der Waals surface area contributed by atoms with Gasteiger partial charge in [-0.05, 0) is 37.3 Å². The Morgan fingerprint density at radius 2 is 1.61 bits per heavy atom. The Kier molecular flexibility index (Phi) is 2.49. The Morgan fingerprint density at radius 3 is 2.39 bits per heavy atom. The highest BCUT2D eigenvalue weighted by molar-refractivity contribution is 5.80. The molecule has 1 aromatic heterocycles. The predicted molar refractivity (Wildman–Crippen MR) is 72.5 cm³/mol. The molecule has 0 unspecified atom stereocenters. The zero-order valence-corrected chi connectivity index (χ0v) is 10.1. The fourth-order valence-corrected chi connectivity index (χ4v) is 1.94. The Balaban J connectivity index is 2.15. The quantitative estimate of drug-likeness (QED) is 0.636. The average Bonchev–Trinajstić information content (AvgIpc) is 2.38. The molecule has 0 atom stereocenters. The smallest absolute Gasteiger partial charge is 0.364 e. The molecule has 2 heteroatoms. The van der Waals surface area contributed by atoms with Gasteiger partial charge in [0.2, 0.25) is 0 Å². The van der Waals surface area contributed by atoms with Gasteiger partial charge in [0.25, 0.3) is 0 Å². The molecule has 0 spiro atoms. The highest BCUT2D eigenvalue weighted by Crippen LogP contribution is 2.26. The summed E-state index contributed by atoms with van der Waals surface area (Å²) < 4.78 is 5.81. The first-order valence-corrected chi connectivity index (χ1v) is 5.85. The van der Waals surface area contributed by atoms with Crippen molar-refractivity contribution in [2.45, 2.75) is 6.92 Å². The van der Waals surface area contributed by atoms with Gasteiger partial charge in [-0.15, -0.1) is 0 Å². The maximum Gasteiger partial charge on any atom is 0.364 e. The lowest BCUT2D eigenvalue weighted by molar-refractivity contribution is 0.474. The molecule has 3 aromatic rings. The van der Waals surface area contributed by atoms with Crippen LogP contribution in [0.2, 0.25) is 0 Å². The van der Waals surface area contributed by atoms with Gasteiger partial charge in [-0.2, -0.15) is 0 Å². The molecule has 2 nitrogen and oxygen atoms in total. The average molecular weight is 237 g/mol. The summed E-state index contributed by atoms with van der Waals surface area (Å²) in [6.45, 7) is 2.05. The third kappa shape index (κ3) is 1.93. The first-order chi connectivity index (χ1) is 8.72. The number of aryl methyl sites for hydroxylation is 1. The van der Waals surface area contributed by atoms with Gasteiger partial charge in [0, 0.05) is 6.07 Å². The molecule has 0 aliphatic heterocycles. The zero-order chi connectivity index (χ0) is 12.5. The fraction of sp³-hybridized carbons (Fsp3) is 0.0625. The molecule has 0 amide bonds. The van der Waals surface area contributed by atoms with Crippen molar-refractivity contribution in [3.63, 3.8) is 0 Å². The number of phenols is 1. The summed E-state index contributed by atoms with van der Waals surface area (Å²) in [6, 6.07) is 17.2. The molecule has 18 heavy (non-hydrogen) atoms. The molecule has 2 aromatic carbocycles. The van der Waals surface area contributed by atoms with Crippen molar-refractivity contribution in [2.75, 3.05) is 0 Å². The normalized spacial score (nSPS) is 10.7. The van der Waals surface area contributed by atoms with E-state index in [1.165, 1.54) is 5.56 Å². The zero-order valence-electron chi connectivity index (χ0n) is 10.1. The summed E-state index contributed by atoms with van der Waals surface area (Å²) in [4.78, 5) is 0. The minimum Gasteiger partial charge on any atom is -0.508 e. The predicted octanol–water partition coefficient (Wildman–Crippen LogP) is 4.39. The number of fused-ring (bicyclic) bond motifs is 1. The first kappa shape index (κ1) is 10.8. The molecule has 0 saturated carbocycles. The lowest BCUT2D eigenvalue weighted by Crippen LogP contribution is -1.80. The third-order valence-corrected chi connectivity index (χ3v) is 2.97. The van der Waals surface area contributed by atoms with Crippen LogP contribution < -0.4 is 0 Å². The van der Waals surface area contributed by atoms with E-state index in [1.807, 2.05) is 30.3 Å². The van der Waals surface area contributed by atoms with E-state index in [0.29, 0.717) is 5.58 Å². The molecule has 1 N–H and O–H groups in total. The van der Waals surface area contributed by atoms with Crippen LogP contribution in [0.3, 0.4) is 0 Å². The molecule has 0 radical (unpaired) electrons. The van der Waals surface area contributed by atoms with Gasteiger partial charge < -0.3 is 5.11 Å². The van der Waals surface area contributed by atoms with Crippen molar-refractivity contribution in [3.8, 4) is 17.1 Å². The van der Waals surface area contributed by atoms with Crippen molar-refractivity contribution in [2.24, 2.45) is 0 Å². The van der Waals surface area contributed by atoms with Gasteiger partial charge in [-0.25, -0.2) is 4.42 Å². The van der Waals surface area contributed by atoms with E-state index in [0.717, 1.165) is 16.7 Å². The van der Waals surface area contributed by atoms with E-state index in [1.54, 1.807) is 12.1 Å². The van der Waals surface area contributed by atoms with Crippen LogP contribution in [0, 0.1) is 6.92 Å². The fourth-order valence-electron chi connectivity index (χ4n) is 1.94. The molecule has 0 bridgehead atoms. The topological polar surface area (TPSA) is 31.5 Å². The van der Waals surface area contributed by atoms with Crippen molar-refractivity contribution in [1.29, 1.82) is 0 Å². The molecule has 0 aliphatic carbocycles. The molecular weight excluding hydrogens is 224 g/mol. The number of phenolic OH excluding ortho intramolecular Hbond substituents is 1. The highest BCUT2D eigenvalue weighted by atomic mass is 16.3. The van der Waals surface area contributed by atoms with Crippen molar-refractivity contribution < 1.29 is 9.52 Å². The molecular formula is C16H13O2+. The van der Waals surface area contributed by atoms with E-state index in [9.17, 15) is 5.11 Å². The highest BCUT2D eigenvalue weighted by Gasteiger charge is 2.14. The third-order valence-electron chi connectivity index (χ3n) is 2.97. The van der Waals surface area contributed by atoms with Gasteiger partial charge in [0.1, 0.15) is 5.75 Å². The minimum absolute atomic E-state index is 0.215. The number of hydrogen-bond donors (Lipinski definition) is 1.